The van der Waals surface area contributed by atoms with E-state index in [1.807, 2.05) is 86.6 Å². The van der Waals surface area contributed by atoms with Crippen molar-refractivity contribution in [2.75, 3.05) is 9.80 Å². The van der Waals surface area contributed by atoms with Gasteiger partial charge in [0.15, 0.2) is 15.3 Å². The molecule has 2 amide bonds. The number of aryl methyl sites for hydroxylation is 2. The predicted octanol–water partition coefficient (Wildman–Crippen LogP) is 8.16. The van der Waals surface area contributed by atoms with Crippen molar-refractivity contribution in [1.82, 2.24) is 10.2 Å². The number of nitrogens with zero attached hydrogens (tertiary/aromatic N) is 4. The Labute approximate surface area is 295 Å². The van der Waals surface area contributed by atoms with Crippen LogP contribution in [0.4, 0.5) is 10.8 Å². The fourth-order valence-corrected chi connectivity index (χ4v) is 9.23. The minimum Gasteiger partial charge on any atom is -0.450 e. The van der Waals surface area contributed by atoms with E-state index >= 15 is 4.79 Å². The summed E-state index contributed by atoms with van der Waals surface area (Å²) in [5.74, 6) is -0.563. The Morgan fingerprint density at radius 1 is 0.800 bits per heavy atom. The number of benzene rings is 5. The van der Waals surface area contributed by atoms with Crippen LogP contribution in [-0.2, 0) is 22.6 Å². The van der Waals surface area contributed by atoms with Gasteiger partial charge in [0.05, 0.1) is 23.2 Å². The fraction of sp³-hybridized carbons (Fsp3) is 0.125. The zero-order chi connectivity index (χ0) is 34.1. The summed E-state index contributed by atoms with van der Waals surface area (Å²) in [5, 5.41) is 11.8. The number of thioether (sulfide) groups is 1. The summed E-state index contributed by atoms with van der Waals surface area (Å²) in [5.41, 5.74) is 3.14. The molecule has 50 heavy (non-hydrogen) atoms. The fourth-order valence-electron chi connectivity index (χ4n) is 7.34. The van der Waals surface area contributed by atoms with E-state index in [1.165, 1.54) is 28.0 Å². The van der Waals surface area contributed by atoms with Crippen LogP contribution in [0, 0.1) is 13.8 Å². The van der Waals surface area contributed by atoms with Gasteiger partial charge in [0.2, 0.25) is 10.9 Å². The standard InChI is InChI=1S/C40H28N4O4S2/c1-23-9-7-10-25(19-23)21-43-31-16-6-5-15-30(31)40(37(43)47)33-34(45)29-20-24(2)17-18-32(29)48-35(33)36(46)44(40)38-41-42-39(50-38)49-22-27-13-8-12-26-11-3-4-14-28(26)27/h3-20H,21-22H2,1-2H3. The van der Waals surface area contributed by atoms with E-state index in [4.69, 9.17) is 4.42 Å². The van der Waals surface area contributed by atoms with E-state index in [0.29, 0.717) is 26.7 Å². The number of hydrogen-bond acceptors (Lipinski definition) is 8. The molecule has 2 aliphatic rings. The summed E-state index contributed by atoms with van der Waals surface area (Å²) >= 11 is 2.73. The number of carbonyl (C=O) groups is 2. The maximum atomic E-state index is 15.3. The first kappa shape index (κ1) is 30.5. The lowest BCUT2D eigenvalue weighted by atomic mass is 9.84. The number of fused-ring (bicyclic) bond motifs is 6. The van der Waals surface area contributed by atoms with Crippen molar-refractivity contribution in [2.45, 2.75) is 36.0 Å². The Balaban J connectivity index is 1.21. The molecule has 5 aromatic carbocycles. The molecule has 7 aromatic rings. The van der Waals surface area contributed by atoms with Crippen molar-refractivity contribution in [3.63, 3.8) is 0 Å². The topological polar surface area (TPSA) is 96.6 Å². The zero-order valence-corrected chi connectivity index (χ0v) is 28.7. The largest absolute Gasteiger partial charge is 0.450 e. The van der Waals surface area contributed by atoms with Gasteiger partial charge >= 0.3 is 0 Å². The molecule has 0 N–H and O–H groups in total. The number of para-hydroxylation sites is 1. The van der Waals surface area contributed by atoms with E-state index in [1.54, 1.807) is 17.0 Å². The van der Waals surface area contributed by atoms with Gasteiger partial charge in [0.1, 0.15) is 5.58 Å². The molecule has 10 heteroatoms. The second-order valence-corrected chi connectivity index (χ2v) is 14.8. The van der Waals surface area contributed by atoms with Crippen molar-refractivity contribution in [3.8, 4) is 0 Å². The molecule has 1 unspecified atom stereocenters. The normalized spacial score (nSPS) is 16.6. The van der Waals surface area contributed by atoms with Gasteiger partial charge in [-0.2, -0.15) is 0 Å². The van der Waals surface area contributed by atoms with Gasteiger partial charge in [-0.05, 0) is 53.9 Å². The average molecular weight is 693 g/mol. The van der Waals surface area contributed by atoms with E-state index < -0.39 is 22.8 Å². The van der Waals surface area contributed by atoms with Crippen molar-refractivity contribution >= 4 is 67.5 Å². The molecule has 0 saturated carbocycles. The summed E-state index contributed by atoms with van der Waals surface area (Å²) < 4.78 is 6.89. The summed E-state index contributed by atoms with van der Waals surface area (Å²) in [6.45, 7) is 4.14. The molecular formula is C40H28N4O4S2. The lowest BCUT2D eigenvalue weighted by Crippen LogP contribution is -2.53. The van der Waals surface area contributed by atoms with Crippen LogP contribution in [-0.4, -0.2) is 22.0 Å². The van der Waals surface area contributed by atoms with Gasteiger partial charge in [-0.15, -0.1) is 10.2 Å². The molecule has 2 aromatic heterocycles. The van der Waals surface area contributed by atoms with Crippen molar-refractivity contribution in [1.29, 1.82) is 0 Å². The first-order chi connectivity index (χ1) is 24.3. The van der Waals surface area contributed by atoms with Gasteiger partial charge in [0, 0.05) is 11.3 Å². The molecular weight excluding hydrogens is 665 g/mol. The minimum absolute atomic E-state index is 0.00458. The van der Waals surface area contributed by atoms with Crippen LogP contribution >= 0.6 is 23.1 Å². The molecule has 1 spiro atoms. The molecule has 0 bridgehead atoms. The Morgan fingerprint density at radius 3 is 2.46 bits per heavy atom. The van der Waals surface area contributed by atoms with Crippen LogP contribution in [0.25, 0.3) is 21.7 Å². The van der Waals surface area contributed by atoms with Crippen LogP contribution in [0.1, 0.15) is 43.9 Å². The van der Waals surface area contributed by atoms with Crippen LogP contribution in [0.2, 0.25) is 0 Å². The monoisotopic (exact) mass is 692 g/mol. The van der Waals surface area contributed by atoms with Crippen molar-refractivity contribution < 1.29 is 14.0 Å². The number of aromatic nitrogens is 2. The smallest absolute Gasteiger partial charge is 0.297 e. The highest BCUT2D eigenvalue weighted by atomic mass is 32.2. The quantitative estimate of drug-likeness (QED) is 0.128. The van der Waals surface area contributed by atoms with E-state index in [2.05, 4.69) is 34.5 Å². The Morgan fingerprint density at radius 2 is 1.58 bits per heavy atom. The second-order valence-electron chi connectivity index (χ2n) is 12.7. The third kappa shape index (κ3) is 4.48. The van der Waals surface area contributed by atoms with Gasteiger partial charge in [-0.25, -0.2) is 0 Å². The third-order valence-corrected chi connectivity index (χ3v) is 11.6. The molecule has 9 rings (SSSR count). The zero-order valence-electron chi connectivity index (χ0n) is 27.0. The maximum absolute atomic E-state index is 15.3. The summed E-state index contributed by atoms with van der Waals surface area (Å²) in [6.07, 6.45) is 0. The second kappa shape index (κ2) is 11.5. The highest BCUT2D eigenvalue weighted by Gasteiger charge is 2.66. The lowest BCUT2D eigenvalue weighted by molar-refractivity contribution is -0.121. The van der Waals surface area contributed by atoms with Crippen LogP contribution in [0.15, 0.2) is 123 Å². The molecule has 0 aliphatic carbocycles. The maximum Gasteiger partial charge on any atom is 0.297 e. The van der Waals surface area contributed by atoms with Crippen LogP contribution in [0.3, 0.4) is 0 Å². The average Bonchev–Trinajstić information content (AvgIpc) is 3.76. The molecule has 2 aliphatic heterocycles. The molecule has 8 nitrogen and oxygen atoms in total. The number of carbonyl (C=O) groups excluding carboxylic acids is 2. The molecule has 1 atom stereocenters. The molecule has 244 valence electrons. The molecule has 0 fully saturated rings. The summed E-state index contributed by atoms with van der Waals surface area (Å²) in [7, 11) is 0. The highest BCUT2D eigenvalue weighted by Crippen LogP contribution is 2.55. The SMILES string of the molecule is Cc1cccc(CN2C(=O)C3(c4ccccc42)c2c(oc4ccc(C)cc4c2=O)C(=O)N3c2nnc(SCc3cccc4ccccc34)s2)c1. The van der Waals surface area contributed by atoms with E-state index in [9.17, 15) is 9.59 Å². The van der Waals surface area contributed by atoms with Gasteiger partial charge in [-0.1, -0.05) is 125 Å². The van der Waals surface area contributed by atoms with Crippen molar-refractivity contribution in [3.05, 3.63) is 159 Å². The third-order valence-electron chi connectivity index (χ3n) is 9.52. The summed E-state index contributed by atoms with van der Waals surface area (Å²) in [4.78, 5) is 47.6. The Kier molecular flexibility index (Phi) is 7.01. The first-order valence-electron chi connectivity index (χ1n) is 16.2. The number of amides is 2. The van der Waals surface area contributed by atoms with Gasteiger partial charge < -0.3 is 9.32 Å². The molecule has 4 heterocycles. The summed E-state index contributed by atoms with van der Waals surface area (Å²) in [6, 6.07) is 35.0. The lowest BCUT2D eigenvalue weighted by Gasteiger charge is -2.32. The first-order valence-corrected chi connectivity index (χ1v) is 18.0. The number of rotatable bonds is 6. The Bertz CT molecular complexity index is 2610. The van der Waals surface area contributed by atoms with Crippen LogP contribution < -0.4 is 15.2 Å². The van der Waals surface area contributed by atoms with Gasteiger partial charge in [-0.3, -0.25) is 19.3 Å². The Hall–Kier alpha value is -5.58. The minimum atomic E-state index is -1.84. The van der Waals surface area contributed by atoms with Crippen molar-refractivity contribution in [2.24, 2.45) is 0 Å². The van der Waals surface area contributed by atoms with E-state index in [-0.39, 0.29) is 28.6 Å². The van der Waals surface area contributed by atoms with Crippen LogP contribution in [0.5, 0.6) is 0 Å². The molecule has 0 saturated heterocycles. The number of hydrogen-bond donors (Lipinski definition) is 0. The predicted molar refractivity (Wildman–Crippen MR) is 197 cm³/mol. The van der Waals surface area contributed by atoms with Gasteiger partial charge in [0.25, 0.3) is 11.8 Å². The highest BCUT2D eigenvalue weighted by molar-refractivity contribution is 8.00. The number of anilines is 2. The molecule has 0 radical (unpaired) electrons. The van der Waals surface area contributed by atoms with E-state index in [0.717, 1.165) is 33.0 Å².